The van der Waals surface area contributed by atoms with Crippen molar-refractivity contribution < 1.29 is 0 Å². The van der Waals surface area contributed by atoms with Crippen LogP contribution in [0.25, 0.3) is 0 Å². The molecule has 0 saturated carbocycles. The van der Waals surface area contributed by atoms with Crippen molar-refractivity contribution in [3.8, 4) is 0 Å². The van der Waals surface area contributed by atoms with Gasteiger partial charge in [0.15, 0.2) is 5.96 Å². The van der Waals surface area contributed by atoms with E-state index in [1.807, 2.05) is 18.4 Å². The standard InChI is InChI=1S/C15H28N4S.HI/c1-5-13-8-9-14(20-13)12-18-15(16-4)17-10-11-19(6-2)7-3;/h8-9H,5-7,10-12H2,1-4H3,(H2,16,17,18);1H. The van der Waals surface area contributed by atoms with Crippen molar-refractivity contribution in [1.82, 2.24) is 15.5 Å². The Morgan fingerprint density at radius 1 is 1.14 bits per heavy atom. The van der Waals surface area contributed by atoms with Crippen molar-refractivity contribution in [3.63, 3.8) is 0 Å². The summed E-state index contributed by atoms with van der Waals surface area (Å²) in [4.78, 5) is 9.45. The summed E-state index contributed by atoms with van der Waals surface area (Å²) in [6.45, 7) is 11.6. The van der Waals surface area contributed by atoms with E-state index in [1.54, 1.807) is 0 Å². The van der Waals surface area contributed by atoms with E-state index in [2.05, 4.69) is 53.4 Å². The lowest BCUT2D eigenvalue weighted by molar-refractivity contribution is 0.308. The van der Waals surface area contributed by atoms with Gasteiger partial charge in [-0.1, -0.05) is 20.8 Å². The molecule has 21 heavy (non-hydrogen) atoms. The first-order chi connectivity index (χ1) is 9.73. The van der Waals surface area contributed by atoms with Gasteiger partial charge in [-0.2, -0.15) is 0 Å². The average molecular weight is 424 g/mol. The molecule has 0 spiro atoms. The van der Waals surface area contributed by atoms with Crippen LogP contribution in [0.2, 0.25) is 0 Å². The number of nitrogens with one attached hydrogen (secondary N) is 2. The molecule has 0 atom stereocenters. The summed E-state index contributed by atoms with van der Waals surface area (Å²) < 4.78 is 0. The maximum Gasteiger partial charge on any atom is 0.191 e. The number of guanidine groups is 1. The Hall–Kier alpha value is -0.340. The summed E-state index contributed by atoms with van der Waals surface area (Å²) in [5.41, 5.74) is 0. The van der Waals surface area contributed by atoms with E-state index in [0.29, 0.717) is 0 Å². The molecule has 0 aliphatic carbocycles. The van der Waals surface area contributed by atoms with Crippen LogP contribution in [-0.4, -0.2) is 44.1 Å². The zero-order chi connectivity index (χ0) is 14.8. The highest BCUT2D eigenvalue weighted by molar-refractivity contribution is 14.0. The minimum absolute atomic E-state index is 0. The van der Waals surface area contributed by atoms with Crippen LogP contribution in [0.5, 0.6) is 0 Å². The largest absolute Gasteiger partial charge is 0.355 e. The zero-order valence-corrected chi connectivity index (χ0v) is 16.8. The Morgan fingerprint density at radius 3 is 2.33 bits per heavy atom. The molecule has 1 rings (SSSR count). The second-order valence-corrected chi connectivity index (χ2v) is 5.85. The average Bonchev–Trinajstić information content (AvgIpc) is 2.95. The Balaban J connectivity index is 0.00000400. The Bertz CT molecular complexity index is 402. The molecule has 1 heterocycles. The molecule has 0 aromatic carbocycles. The van der Waals surface area contributed by atoms with Gasteiger partial charge in [0, 0.05) is 29.9 Å². The summed E-state index contributed by atoms with van der Waals surface area (Å²) in [7, 11) is 1.82. The monoisotopic (exact) mass is 424 g/mol. The quantitative estimate of drug-likeness (QED) is 0.383. The van der Waals surface area contributed by atoms with E-state index >= 15 is 0 Å². The van der Waals surface area contributed by atoms with Crippen molar-refractivity contribution in [1.29, 1.82) is 0 Å². The van der Waals surface area contributed by atoms with E-state index in [0.717, 1.165) is 45.1 Å². The van der Waals surface area contributed by atoms with E-state index < -0.39 is 0 Å². The predicted octanol–water partition coefficient (Wildman–Crippen LogP) is 2.94. The molecule has 0 radical (unpaired) electrons. The van der Waals surface area contributed by atoms with E-state index in [9.17, 15) is 0 Å². The first-order valence-electron chi connectivity index (χ1n) is 7.47. The van der Waals surface area contributed by atoms with Crippen LogP contribution in [0, 0.1) is 0 Å². The summed E-state index contributed by atoms with van der Waals surface area (Å²) in [6, 6.07) is 4.40. The smallest absolute Gasteiger partial charge is 0.191 e. The van der Waals surface area contributed by atoms with E-state index in [1.165, 1.54) is 9.75 Å². The van der Waals surface area contributed by atoms with Gasteiger partial charge >= 0.3 is 0 Å². The number of nitrogens with zero attached hydrogens (tertiary/aromatic N) is 2. The normalized spacial score (nSPS) is 11.4. The third-order valence-corrected chi connectivity index (χ3v) is 4.56. The molecule has 0 unspecified atom stereocenters. The molecule has 122 valence electrons. The van der Waals surface area contributed by atoms with Crippen molar-refractivity contribution in [2.45, 2.75) is 33.7 Å². The fourth-order valence-corrected chi connectivity index (χ4v) is 2.87. The lowest BCUT2D eigenvalue weighted by Gasteiger charge is -2.19. The highest BCUT2D eigenvalue weighted by atomic mass is 127. The number of thiophene rings is 1. The van der Waals surface area contributed by atoms with Gasteiger partial charge in [0.05, 0.1) is 6.54 Å². The summed E-state index contributed by atoms with van der Waals surface area (Å²) in [6.07, 6.45) is 1.11. The van der Waals surface area contributed by atoms with Gasteiger partial charge in [0.2, 0.25) is 0 Å². The zero-order valence-electron chi connectivity index (χ0n) is 13.6. The van der Waals surface area contributed by atoms with Gasteiger partial charge in [0.25, 0.3) is 0 Å². The molecule has 0 amide bonds. The third-order valence-electron chi connectivity index (χ3n) is 3.33. The van der Waals surface area contributed by atoms with Crippen LogP contribution in [0.3, 0.4) is 0 Å². The minimum atomic E-state index is 0. The molecule has 4 nitrogen and oxygen atoms in total. The Morgan fingerprint density at radius 2 is 1.81 bits per heavy atom. The number of halogens is 1. The molecule has 1 aromatic rings. The summed E-state index contributed by atoms with van der Waals surface area (Å²) in [5.74, 6) is 0.878. The van der Waals surface area contributed by atoms with Gasteiger partial charge in [-0.15, -0.1) is 35.3 Å². The fourth-order valence-electron chi connectivity index (χ4n) is 1.97. The molecular formula is C15H29IN4S. The second kappa shape index (κ2) is 12.2. The molecule has 0 aliphatic rings. The minimum Gasteiger partial charge on any atom is -0.355 e. The van der Waals surface area contributed by atoms with Gasteiger partial charge in [-0.3, -0.25) is 4.99 Å². The number of aryl methyl sites for hydroxylation is 1. The van der Waals surface area contributed by atoms with Crippen molar-refractivity contribution in [3.05, 3.63) is 21.9 Å². The number of aliphatic imine (C=N–C) groups is 1. The molecular weight excluding hydrogens is 395 g/mol. The molecule has 1 aromatic heterocycles. The highest BCUT2D eigenvalue weighted by Gasteiger charge is 2.02. The lowest BCUT2D eigenvalue weighted by atomic mass is 10.3. The third kappa shape index (κ3) is 8.01. The molecule has 0 fully saturated rings. The molecule has 0 saturated heterocycles. The molecule has 6 heteroatoms. The van der Waals surface area contributed by atoms with Crippen molar-refractivity contribution in [2.75, 3.05) is 33.2 Å². The van der Waals surface area contributed by atoms with Gasteiger partial charge in [0.1, 0.15) is 0 Å². The van der Waals surface area contributed by atoms with Crippen LogP contribution >= 0.6 is 35.3 Å². The highest BCUT2D eigenvalue weighted by Crippen LogP contribution is 2.16. The van der Waals surface area contributed by atoms with Crippen molar-refractivity contribution >= 4 is 41.3 Å². The Labute approximate surface area is 150 Å². The van der Waals surface area contributed by atoms with Crippen molar-refractivity contribution in [2.24, 2.45) is 4.99 Å². The van der Waals surface area contributed by atoms with Crippen LogP contribution in [0.1, 0.15) is 30.5 Å². The summed E-state index contributed by atoms with van der Waals surface area (Å²) in [5, 5.41) is 6.73. The van der Waals surface area contributed by atoms with Crippen LogP contribution in [0.4, 0.5) is 0 Å². The first-order valence-corrected chi connectivity index (χ1v) is 8.29. The van der Waals surface area contributed by atoms with E-state index in [-0.39, 0.29) is 24.0 Å². The van der Waals surface area contributed by atoms with Crippen LogP contribution in [-0.2, 0) is 13.0 Å². The molecule has 0 aliphatic heterocycles. The Kier molecular flexibility index (Phi) is 12.0. The van der Waals surface area contributed by atoms with Gasteiger partial charge in [-0.05, 0) is 31.6 Å². The number of rotatable bonds is 8. The van der Waals surface area contributed by atoms with Crippen LogP contribution < -0.4 is 10.6 Å². The number of hydrogen-bond acceptors (Lipinski definition) is 3. The van der Waals surface area contributed by atoms with Gasteiger partial charge in [-0.25, -0.2) is 0 Å². The summed E-state index contributed by atoms with van der Waals surface area (Å²) >= 11 is 1.87. The number of likely N-dealkylation sites (N-methyl/N-ethyl adjacent to an activating group) is 1. The second-order valence-electron chi connectivity index (χ2n) is 4.60. The SMILES string of the molecule is CCc1ccc(CNC(=NC)NCCN(CC)CC)s1.I. The van der Waals surface area contributed by atoms with Crippen LogP contribution in [0.15, 0.2) is 17.1 Å². The predicted molar refractivity (Wildman–Crippen MR) is 105 cm³/mol. The molecule has 2 N–H and O–H groups in total. The maximum absolute atomic E-state index is 4.26. The van der Waals surface area contributed by atoms with Gasteiger partial charge < -0.3 is 15.5 Å². The fraction of sp³-hybridized carbons (Fsp3) is 0.667. The first kappa shape index (κ1) is 20.7. The van der Waals surface area contributed by atoms with E-state index in [4.69, 9.17) is 0 Å². The lowest BCUT2D eigenvalue weighted by Crippen LogP contribution is -2.41. The maximum atomic E-state index is 4.26. The number of hydrogen-bond donors (Lipinski definition) is 2. The molecule has 0 bridgehead atoms. The topological polar surface area (TPSA) is 39.7 Å².